The molecule has 0 aromatic carbocycles. The summed E-state index contributed by atoms with van der Waals surface area (Å²) in [6, 6.07) is 0.431. The lowest BCUT2D eigenvalue weighted by atomic mass is 10.00. The van der Waals surface area contributed by atoms with Crippen LogP contribution in [0.15, 0.2) is 0 Å². The van der Waals surface area contributed by atoms with Crippen molar-refractivity contribution in [3.8, 4) is 0 Å². The van der Waals surface area contributed by atoms with Crippen molar-refractivity contribution in [1.29, 1.82) is 0 Å². The SMILES string of the molecule is C[C@H]1CCCN(C[C@@H](O)CN2CCN(C[C@H](O)CN3CCC[C@H](C)C3)[C@@H](C)C2)C1. The zero-order chi connectivity index (χ0) is 20.8. The number of β-amino-alcohol motifs (C(OH)–C–C–N with tert-alkyl or cyclic N) is 2. The van der Waals surface area contributed by atoms with Gasteiger partial charge in [0, 0.05) is 64.9 Å². The highest BCUT2D eigenvalue weighted by Gasteiger charge is 2.28. The van der Waals surface area contributed by atoms with Crippen LogP contribution in [0.5, 0.6) is 0 Å². The van der Waals surface area contributed by atoms with Gasteiger partial charge in [0.2, 0.25) is 0 Å². The highest BCUT2D eigenvalue weighted by molar-refractivity contribution is 4.84. The Balaban J connectivity index is 1.35. The molecule has 5 atom stereocenters. The van der Waals surface area contributed by atoms with Crippen molar-refractivity contribution in [2.45, 2.75) is 64.7 Å². The Labute approximate surface area is 178 Å². The van der Waals surface area contributed by atoms with Gasteiger partial charge in [-0.25, -0.2) is 0 Å². The van der Waals surface area contributed by atoms with Gasteiger partial charge in [-0.05, 0) is 57.5 Å². The number of rotatable bonds is 8. The van der Waals surface area contributed by atoms with Gasteiger partial charge >= 0.3 is 0 Å². The molecule has 0 spiro atoms. The zero-order valence-electron chi connectivity index (χ0n) is 19.2. The van der Waals surface area contributed by atoms with Gasteiger partial charge < -0.3 is 20.0 Å². The molecule has 3 fully saturated rings. The molecule has 170 valence electrons. The van der Waals surface area contributed by atoms with E-state index in [1.54, 1.807) is 0 Å². The Bertz CT molecular complexity index is 480. The van der Waals surface area contributed by atoms with Crippen molar-refractivity contribution in [3.05, 3.63) is 0 Å². The van der Waals surface area contributed by atoms with Crippen molar-refractivity contribution >= 4 is 0 Å². The molecular formula is C23H46N4O2. The molecule has 0 aromatic heterocycles. The number of nitrogens with zero attached hydrogens (tertiary/aromatic N) is 4. The van der Waals surface area contributed by atoms with Gasteiger partial charge in [0.15, 0.2) is 0 Å². The summed E-state index contributed by atoms with van der Waals surface area (Å²) < 4.78 is 0. The van der Waals surface area contributed by atoms with Crippen LogP contribution in [0.25, 0.3) is 0 Å². The molecule has 3 saturated heterocycles. The zero-order valence-corrected chi connectivity index (χ0v) is 19.2. The molecule has 2 N–H and O–H groups in total. The first-order valence-corrected chi connectivity index (χ1v) is 12.2. The van der Waals surface area contributed by atoms with Gasteiger partial charge in [-0.1, -0.05) is 13.8 Å². The third kappa shape index (κ3) is 7.75. The highest BCUT2D eigenvalue weighted by atomic mass is 16.3. The Hall–Kier alpha value is -0.240. The van der Waals surface area contributed by atoms with E-state index in [0.29, 0.717) is 6.04 Å². The predicted molar refractivity (Wildman–Crippen MR) is 119 cm³/mol. The van der Waals surface area contributed by atoms with Crippen molar-refractivity contribution in [2.75, 3.05) is 72.0 Å². The Morgan fingerprint density at radius 1 is 0.655 bits per heavy atom. The first-order chi connectivity index (χ1) is 13.9. The average molecular weight is 411 g/mol. The molecule has 0 unspecified atom stereocenters. The Kier molecular flexibility index (Phi) is 9.21. The van der Waals surface area contributed by atoms with E-state index in [0.717, 1.165) is 83.8 Å². The average Bonchev–Trinajstić information content (AvgIpc) is 2.64. The smallest absolute Gasteiger partial charge is 0.0793 e. The van der Waals surface area contributed by atoms with Gasteiger partial charge in [0.1, 0.15) is 0 Å². The van der Waals surface area contributed by atoms with Crippen LogP contribution in [0.4, 0.5) is 0 Å². The molecule has 0 aromatic rings. The second-order valence-electron chi connectivity index (χ2n) is 10.4. The number of piperazine rings is 1. The topological polar surface area (TPSA) is 53.4 Å². The minimum atomic E-state index is -0.263. The summed E-state index contributed by atoms with van der Waals surface area (Å²) >= 11 is 0. The summed E-state index contributed by atoms with van der Waals surface area (Å²) in [6.45, 7) is 17.6. The maximum Gasteiger partial charge on any atom is 0.0793 e. The van der Waals surface area contributed by atoms with Crippen LogP contribution >= 0.6 is 0 Å². The van der Waals surface area contributed by atoms with Crippen LogP contribution in [0.1, 0.15) is 46.5 Å². The minimum Gasteiger partial charge on any atom is -0.390 e. The summed E-state index contributed by atoms with van der Waals surface area (Å²) in [5.41, 5.74) is 0. The third-order valence-corrected chi connectivity index (χ3v) is 7.18. The molecule has 3 aliphatic heterocycles. The summed E-state index contributed by atoms with van der Waals surface area (Å²) in [5.74, 6) is 1.53. The minimum absolute atomic E-state index is 0.259. The van der Waals surface area contributed by atoms with Gasteiger partial charge in [0.05, 0.1) is 12.2 Å². The Morgan fingerprint density at radius 3 is 1.62 bits per heavy atom. The fraction of sp³-hybridized carbons (Fsp3) is 1.00. The van der Waals surface area contributed by atoms with Gasteiger partial charge in [-0.3, -0.25) is 9.80 Å². The second-order valence-corrected chi connectivity index (χ2v) is 10.4. The first kappa shape index (κ1) is 23.4. The molecule has 6 nitrogen and oxygen atoms in total. The first-order valence-electron chi connectivity index (χ1n) is 12.2. The number of hydrogen-bond acceptors (Lipinski definition) is 6. The maximum absolute atomic E-state index is 10.6. The van der Waals surface area contributed by atoms with Crippen LogP contribution in [-0.4, -0.2) is 120 Å². The summed E-state index contributed by atoms with van der Waals surface area (Å²) in [4.78, 5) is 9.74. The Morgan fingerprint density at radius 2 is 1.14 bits per heavy atom. The monoisotopic (exact) mass is 410 g/mol. The van der Waals surface area contributed by atoms with Crippen molar-refractivity contribution in [1.82, 2.24) is 19.6 Å². The fourth-order valence-electron chi connectivity index (χ4n) is 5.69. The molecule has 6 heteroatoms. The van der Waals surface area contributed by atoms with E-state index >= 15 is 0 Å². The van der Waals surface area contributed by atoms with E-state index in [2.05, 4.69) is 40.4 Å². The lowest BCUT2D eigenvalue weighted by Gasteiger charge is -2.42. The molecule has 0 aliphatic carbocycles. The fourth-order valence-corrected chi connectivity index (χ4v) is 5.69. The van der Waals surface area contributed by atoms with Gasteiger partial charge in [-0.15, -0.1) is 0 Å². The van der Waals surface area contributed by atoms with E-state index < -0.39 is 0 Å². The molecule has 3 heterocycles. The maximum atomic E-state index is 10.6. The van der Waals surface area contributed by atoms with Crippen LogP contribution in [0.3, 0.4) is 0 Å². The summed E-state index contributed by atoms with van der Waals surface area (Å²) in [7, 11) is 0. The number of likely N-dealkylation sites (tertiary alicyclic amines) is 2. The van der Waals surface area contributed by atoms with Crippen LogP contribution in [0, 0.1) is 11.8 Å². The normalized spacial score (nSPS) is 33.6. The second kappa shape index (κ2) is 11.4. The molecule has 0 saturated carbocycles. The largest absolute Gasteiger partial charge is 0.390 e. The van der Waals surface area contributed by atoms with Crippen molar-refractivity contribution in [3.63, 3.8) is 0 Å². The van der Waals surface area contributed by atoms with E-state index in [1.807, 2.05) is 0 Å². The van der Waals surface area contributed by atoms with Gasteiger partial charge in [0.25, 0.3) is 0 Å². The van der Waals surface area contributed by atoms with Gasteiger partial charge in [-0.2, -0.15) is 0 Å². The van der Waals surface area contributed by atoms with E-state index in [-0.39, 0.29) is 12.2 Å². The van der Waals surface area contributed by atoms with Crippen molar-refractivity contribution < 1.29 is 10.2 Å². The van der Waals surface area contributed by atoms with Crippen LogP contribution in [-0.2, 0) is 0 Å². The van der Waals surface area contributed by atoms with Crippen molar-refractivity contribution in [2.24, 2.45) is 11.8 Å². The molecule has 3 aliphatic rings. The predicted octanol–water partition coefficient (Wildman–Crippen LogP) is 1.18. The van der Waals surface area contributed by atoms with Crippen LogP contribution < -0.4 is 0 Å². The molecule has 3 rings (SSSR count). The van der Waals surface area contributed by atoms with E-state index in [4.69, 9.17) is 0 Å². The van der Waals surface area contributed by atoms with Crippen LogP contribution in [0.2, 0.25) is 0 Å². The number of hydrogen-bond donors (Lipinski definition) is 2. The quantitative estimate of drug-likeness (QED) is 0.627. The molecule has 0 amide bonds. The van der Waals surface area contributed by atoms with E-state index in [9.17, 15) is 10.2 Å². The highest BCUT2D eigenvalue weighted by Crippen LogP contribution is 2.18. The third-order valence-electron chi connectivity index (χ3n) is 7.18. The number of aliphatic hydroxyl groups is 2. The molecule has 29 heavy (non-hydrogen) atoms. The standard InChI is InChI=1S/C23H46N4O2/c1-19-6-4-8-24(12-19)15-22(28)16-26-10-11-27(21(3)14-26)18-23(29)17-25-9-5-7-20(2)13-25/h19-23,28-29H,4-18H2,1-3H3/t19-,20-,21-,22+,23+/m0/s1. The lowest BCUT2D eigenvalue weighted by Crippen LogP contribution is -2.56. The summed E-state index contributed by atoms with van der Waals surface area (Å²) in [6.07, 6.45) is 4.67. The number of aliphatic hydroxyl groups excluding tert-OH is 2. The summed E-state index contributed by atoms with van der Waals surface area (Å²) in [5, 5.41) is 21.2. The van der Waals surface area contributed by atoms with E-state index in [1.165, 1.54) is 25.7 Å². The molecular weight excluding hydrogens is 364 g/mol. The molecule has 0 radical (unpaired) electrons. The lowest BCUT2D eigenvalue weighted by molar-refractivity contribution is 0.00110. The molecule has 0 bridgehead atoms. The number of piperidine rings is 2.